The molecule has 0 bridgehead atoms. The van der Waals surface area contributed by atoms with Crippen LogP contribution in [0.15, 0.2) is 6.07 Å². The lowest BCUT2D eigenvalue weighted by Gasteiger charge is -2.14. The van der Waals surface area contributed by atoms with Crippen LogP contribution in [0.25, 0.3) is 0 Å². The lowest BCUT2D eigenvalue weighted by atomic mass is 9.90. The molecule has 1 aromatic rings. The van der Waals surface area contributed by atoms with Crippen molar-refractivity contribution in [3.05, 3.63) is 33.9 Å². The number of ketones is 1. The Hall–Kier alpha value is -1.64. The number of hydrogen-bond donors (Lipinski definition) is 1. The molecule has 0 unspecified atom stereocenters. The maximum absolute atomic E-state index is 12.3. The van der Waals surface area contributed by atoms with Gasteiger partial charge in [-0.05, 0) is 56.4 Å². The molecule has 0 saturated heterocycles. The molecular weight excluding hydrogens is 238 g/mol. The zero-order chi connectivity index (χ0) is 14.6. The van der Waals surface area contributed by atoms with E-state index in [0.717, 1.165) is 27.8 Å². The number of benzene rings is 1. The molecule has 0 fully saturated rings. The van der Waals surface area contributed by atoms with Crippen LogP contribution in [0.4, 0.5) is 0 Å². The van der Waals surface area contributed by atoms with Gasteiger partial charge in [-0.2, -0.15) is 0 Å². The molecule has 1 amide bonds. The van der Waals surface area contributed by atoms with Gasteiger partial charge in [0.2, 0.25) is 5.91 Å². The molecule has 0 radical (unpaired) electrons. The van der Waals surface area contributed by atoms with Crippen LogP contribution in [-0.4, -0.2) is 18.7 Å². The van der Waals surface area contributed by atoms with Crippen LogP contribution < -0.4 is 5.32 Å². The number of carbonyl (C=O) groups excluding carboxylic acids is 2. The molecule has 0 aliphatic carbocycles. The summed E-state index contributed by atoms with van der Waals surface area (Å²) in [6, 6.07) is 2.12. The fraction of sp³-hybridized carbons (Fsp3) is 0.500. The van der Waals surface area contributed by atoms with Crippen molar-refractivity contribution in [2.45, 2.75) is 47.0 Å². The average molecular weight is 261 g/mol. The zero-order valence-corrected chi connectivity index (χ0v) is 12.5. The summed E-state index contributed by atoms with van der Waals surface area (Å²) in [5.74, 6) is 0.132. The number of rotatable bonds is 5. The summed E-state index contributed by atoms with van der Waals surface area (Å²) >= 11 is 0. The third kappa shape index (κ3) is 3.66. The van der Waals surface area contributed by atoms with E-state index in [2.05, 4.69) is 11.4 Å². The Bertz CT molecular complexity index is 478. The predicted octanol–water partition coefficient (Wildman–Crippen LogP) is 3.02. The lowest BCUT2D eigenvalue weighted by molar-refractivity contribution is -0.120. The average Bonchev–Trinajstić information content (AvgIpc) is 2.36. The molecule has 0 aliphatic rings. The number of hydrogen-bond acceptors (Lipinski definition) is 2. The molecular formula is C16H23NO2. The third-order valence-electron chi connectivity index (χ3n) is 3.73. The second-order valence-electron chi connectivity index (χ2n) is 5.09. The van der Waals surface area contributed by atoms with Crippen molar-refractivity contribution in [3.8, 4) is 0 Å². The number of carbonyl (C=O) groups is 2. The minimum Gasteiger partial charge on any atom is -0.359 e. The van der Waals surface area contributed by atoms with Gasteiger partial charge >= 0.3 is 0 Å². The van der Waals surface area contributed by atoms with Gasteiger partial charge in [-0.15, -0.1) is 0 Å². The normalized spacial score (nSPS) is 10.4. The molecule has 0 spiro atoms. The Labute approximate surface area is 115 Å². The van der Waals surface area contributed by atoms with E-state index in [4.69, 9.17) is 0 Å². The summed E-state index contributed by atoms with van der Waals surface area (Å²) in [5.41, 5.74) is 5.27. The van der Waals surface area contributed by atoms with Crippen molar-refractivity contribution < 1.29 is 9.59 Å². The van der Waals surface area contributed by atoms with Crippen LogP contribution in [-0.2, 0) is 4.79 Å². The van der Waals surface area contributed by atoms with Crippen molar-refractivity contribution in [1.29, 1.82) is 0 Å². The maximum atomic E-state index is 12.3. The van der Waals surface area contributed by atoms with E-state index in [1.54, 1.807) is 7.05 Å². The number of nitrogens with one attached hydrogen (secondary N) is 1. The van der Waals surface area contributed by atoms with E-state index >= 15 is 0 Å². The van der Waals surface area contributed by atoms with Crippen LogP contribution in [0, 0.1) is 27.7 Å². The Morgan fingerprint density at radius 2 is 1.53 bits per heavy atom. The molecule has 0 aliphatic heterocycles. The van der Waals surface area contributed by atoms with Gasteiger partial charge in [-0.3, -0.25) is 9.59 Å². The van der Waals surface area contributed by atoms with Crippen molar-refractivity contribution in [3.63, 3.8) is 0 Å². The van der Waals surface area contributed by atoms with E-state index in [0.29, 0.717) is 19.3 Å². The van der Waals surface area contributed by atoms with Gasteiger partial charge in [-0.1, -0.05) is 6.07 Å². The molecule has 0 saturated carbocycles. The molecule has 104 valence electrons. The van der Waals surface area contributed by atoms with E-state index in [1.165, 1.54) is 0 Å². The number of aryl methyl sites for hydroxylation is 2. The Kier molecular flexibility index (Phi) is 5.28. The first-order valence-corrected chi connectivity index (χ1v) is 6.69. The minimum absolute atomic E-state index is 0.0123. The molecule has 1 N–H and O–H groups in total. The largest absolute Gasteiger partial charge is 0.359 e. The highest BCUT2D eigenvalue weighted by Crippen LogP contribution is 2.23. The lowest BCUT2D eigenvalue weighted by Crippen LogP contribution is -2.17. The summed E-state index contributed by atoms with van der Waals surface area (Å²) in [6.07, 6.45) is 1.44. The highest BCUT2D eigenvalue weighted by Gasteiger charge is 2.15. The van der Waals surface area contributed by atoms with Crippen LogP contribution in [0.1, 0.15) is 51.9 Å². The van der Waals surface area contributed by atoms with E-state index in [-0.39, 0.29) is 11.7 Å². The Morgan fingerprint density at radius 1 is 1.00 bits per heavy atom. The molecule has 1 aromatic carbocycles. The van der Waals surface area contributed by atoms with E-state index < -0.39 is 0 Å². The number of Topliss-reactive ketones (excluding diaryl/α,β-unsaturated/α-hetero) is 1. The van der Waals surface area contributed by atoms with Crippen LogP contribution in [0.2, 0.25) is 0 Å². The van der Waals surface area contributed by atoms with Gasteiger partial charge in [-0.25, -0.2) is 0 Å². The highest BCUT2D eigenvalue weighted by atomic mass is 16.1. The standard InChI is InChI=1S/C16H23NO2/c1-10-9-11(2)13(4)16(12(10)3)14(18)7-6-8-15(19)17-5/h9H,6-8H2,1-5H3,(H,17,19). The molecule has 0 atom stereocenters. The maximum Gasteiger partial charge on any atom is 0.219 e. The van der Waals surface area contributed by atoms with Gasteiger partial charge in [0.15, 0.2) is 5.78 Å². The second-order valence-corrected chi connectivity index (χ2v) is 5.09. The summed E-state index contributed by atoms with van der Waals surface area (Å²) < 4.78 is 0. The van der Waals surface area contributed by atoms with Crippen molar-refractivity contribution in [1.82, 2.24) is 5.32 Å². The fourth-order valence-electron chi connectivity index (χ4n) is 2.29. The molecule has 19 heavy (non-hydrogen) atoms. The van der Waals surface area contributed by atoms with E-state index in [9.17, 15) is 9.59 Å². The van der Waals surface area contributed by atoms with Crippen molar-refractivity contribution >= 4 is 11.7 Å². The van der Waals surface area contributed by atoms with E-state index in [1.807, 2.05) is 27.7 Å². The number of amides is 1. The highest BCUT2D eigenvalue weighted by molar-refractivity contribution is 5.99. The minimum atomic E-state index is -0.0123. The quantitative estimate of drug-likeness (QED) is 0.828. The molecule has 3 nitrogen and oxygen atoms in total. The third-order valence-corrected chi connectivity index (χ3v) is 3.73. The Morgan fingerprint density at radius 3 is 2.00 bits per heavy atom. The van der Waals surface area contributed by atoms with Crippen LogP contribution in [0.3, 0.4) is 0 Å². The van der Waals surface area contributed by atoms with Gasteiger partial charge in [0.25, 0.3) is 0 Å². The van der Waals surface area contributed by atoms with Gasteiger partial charge in [0.1, 0.15) is 0 Å². The second kappa shape index (κ2) is 6.50. The first-order chi connectivity index (χ1) is 8.88. The van der Waals surface area contributed by atoms with Gasteiger partial charge in [0.05, 0.1) is 0 Å². The van der Waals surface area contributed by atoms with Crippen molar-refractivity contribution in [2.75, 3.05) is 7.05 Å². The SMILES string of the molecule is CNC(=O)CCCC(=O)c1c(C)c(C)cc(C)c1C. The summed E-state index contributed by atoms with van der Waals surface area (Å²) in [4.78, 5) is 23.5. The summed E-state index contributed by atoms with van der Waals surface area (Å²) in [6.45, 7) is 8.05. The van der Waals surface area contributed by atoms with Crippen LogP contribution >= 0.6 is 0 Å². The topological polar surface area (TPSA) is 46.2 Å². The molecule has 0 heterocycles. The summed E-state index contributed by atoms with van der Waals surface area (Å²) in [5, 5.41) is 2.57. The van der Waals surface area contributed by atoms with Gasteiger partial charge < -0.3 is 5.32 Å². The molecule has 0 aromatic heterocycles. The van der Waals surface area contributed by atoms with Crippen molar-refractivity contribution in [2.24, 2.45) is 0 Å². The molecule has 1 rings (SSSR count). The zero-order valence-electron chi connectivity index (χ0n) is 12.5. The smallest absolute Gasteiger partial charge is 0.219 e. The van der Waals surface area contributed by atoms with Crippen LogP contribution in [0.5, 0.6) is 0 Å². The first kappa shape index (κ1) is 15.4. The first-order valence-electron chi connectivity index (χ1n) is 6.69. The fourth-order valence-corrected chi connectivity index (χ4v) is 2.29. The predicted molar refractivity (Wildman–Crippen MR) is 77.6 cm³/mol. The Balaban J connectivity index is 2.85. The molecule has 3 heteroatoms. The monoisotopic (exact) mass is 261 g/mol. The van der Waals surface area contributed by atoms with Gasteiger partial charge in [0, 0.05) is 25.5 Å². The summed E-state index contributed by atoms with van der Waals surface area (Å²) in [7, 11) is 1.61.